The summed E-state index contributed by atoms with van der Waals surface area (Å²) in [6.07, 6.45) is 4.25. The standard InChI is InChI=1S/C18H25N3O4/c1-7-21-9-8-19-18(21)15(20(2)3)16(22)12-10-13(23-4)17(25-6)14(11-12)24-5/h7-11,15-16,22H,1H2,2-6H3/t15-,16+/m0/s1. The van der Waals surface area contributed by atoms with Gasteiger partial charge in [0, 0.05) is 18.6 Å². The summed E-state index contributed by atoms with van der Waals surface area (Å²) in [5.41, 5.74) is 0.631. The van der Waals surface area contributed by atoms with Crippen molar-refractivity contribution in [1.82, 2.24) is 14.5 Å². The van der Waals surface area contributed by atoms with Crippen molar-refractivity contribution in [3.63, 3.8) is 0 Å². The fraction of sp³-hybridized carbons (Fsp3) is 0.389. The highest BCUT2D eigenvalue weighted by Gasteiger charge is 2.30. The number of methoxy groups -OCH3 is 3. The minimum atomic E-state index is -0.871. The lowest BCUT2D eigenvalue weighted by molar-refractivity contribution is 0.0695. The van der Waals surface area contributed by atoms with E-state index in [1.807, 2.05) is 19.0 Å². The van der Waals surface area contributed by atoms with Crippen molar-refractivity contribution in [2.45, 2.75) is 12.1 Å². The summed E-state index contributed by atoms with van der Waals surface area (Å²) in [5.74, 6) is 2.14. The maximum absolute atomic E-state index is 11.1. The van der Waals surface area contributed by atoms with Crippen LogP contribution in [-0.2, 0) is 0 Å². The fourth-order valence-electron chi connectivity index (χ4n) is 2.82. The molecule has 2 aromatic rings. The van der Waals surface area contributed by atoms with Gasteiger partial charge in [0.2, 0.25) is 5.75 Å². The highest BCUT2D eigenvalue weighted by atomic mass is 16.5. The topological polar surface area (TPSA) is 69.0 Å². The van der Waals surface area contributed by atoms with Gasteiger partial charge >= 0.3 is 0 Å². The molecule has 0 spiro atoms. The predicted octanol–water partition coefficient (Wildman–Crippen LogP) is 2.35. The van der Waals surface area contributed by atoms with Crippen molar-refractivity contribution in [2.75, 3.05) is 35.4 Å². The predicted molar refractivity (Wildman–Crippen MR) is 96.1 cm³/mol. The first-order valence-electron chi connectivity index (χ1n) is 7.78. The molecule has 25 heavy (non-hydrogen) atoms. The molecule has 1 aromatic carbocycles. The summed E-state index contributed by atoms with van der Waals surface area (Å²) in [7, 11) is 8.39. The number of aliphatic hydroxyl groups is 1. The molecule has 0 aliphatic rings. The maximum atomic E-state index is 11.1. The second kappa shape index (κ2) is 8.04. The molecule has 136 valence electrons. The van der Waals surface area contributed by atoms with Gasteiger partial charge in [-0.05, 0) is 31.8 Å². The molecular formula is C18H25N3O4. The van der Waals surface area contributed by atoms with Gasteiger partial charge in [-0.2, -0.15) is 0 Å². The molecular weight excluding hydrogens is 322 g/mol. The quantitative estimate of drug-likeness (QED) is 0.790. The van der Waals surface area contributed by atoms with Gasteiger partial charge in [0.1, 0.15) is 11.9 Å². The van der Waals surface area contributed by atoms with Gasteiger partial charge in [-0.1, -0.05) is 6.58 Å². The number of nitrogens with zero attached hydrogens (tertiary/aromatic N) is 3. The Kier molecular flexibility index (Phi) is 6.06. The van der Waals surface area contributed by atoms with E-state index in [9.17, 15) is 5.11 Å². The first kappa shape index (κ1) is 18.8. The van der Waals surface area contributed by atoms with Crippen LogP contribution in [-0.4, -0.2) is 55.0 Å². The number of aliphatic hydroxyl groups excluding tert-OH is 1. The number of likely N-dealkylation sites (N-methyl/N-ethyl adjacent to an activating group) is 1. The third-order valence-corrected chi connectivity index (χ3v) is 4.04. The highest BCUT2D eigenvalue weighted by molar-refractivity contribution is 5.54. The molecule has 2 atom stereocenters. The summed E-state index contributed by atoms with van der Waals surface area (Å²) < 4.78 is 17.9. The molecule has 0 radical (unpaired) electrons. The Morgan fingerprint density at radius 1 is 1.16 bits per heavy atom. The van der Waals surface area contributed by atoms with Crippen LogP contribution in [0.1, 0.15) is 23.5 Å². The Hall–Kier alpha value is -2.51. The van der Waals surface area contributed by atoms with Crippen LogP contribution in [0.4, 0.5) is 0 Å². The van der Waals surface area contributed by atoms with E-state index >= 15 is 0 Å². The molecule has 1 N–H and O–H groups in total. The minimum absolute atomic E-state index is 0.393. The zero-order valence-electron chi connectivity index (χ0n) is 15.3. The molecule has 0 aliphatic carbocycles. The van der Waals surface area contributed by atoms with E-state index in [1.54, 1.807) is 56.6 Å². The van der Waals surface area contributed by atoms with Crippen molar-refractivity contribution in [3.05, 3.63) is 42.5 Å². The number of ether oxygens (including phenoxy) is 3. The Morgan fingerprint density at radius 2 is 1.76 bits per heavy atom. The average molecular weight is 347 g/mol. The lowest BCUT2D eigenvalue weighted by Gasteiger charge is -2.29. The number of aromatic nitrogens is 2. The molecule has 0 aliphatic heterocycles. The number of rotatable bonds is 8. The molecule has 0 unspecified atom stereocenters. The minimum Gasteiger partial charge on any atom is -0.493 e. The van der Waals surface area contributed by atoms with E-state index in [0.717, 1.165) is 0 Å². The Bertz CT molecular complexity index is 702. The molecule has 0 saturated carbocycles. The zero-order valence-corrected chi connectivity index (χ0v) is 15.3. The Balaban J connectivity index is 2.53. The number of hydrogen-bond acceptors (Lipinski definition) is 6. The Morgan fingerprint density at radius 3 is 2.20 bits per heavy atom. The van der Waals surface area contributed by atoms with Gasteiger partial charge in [0.05, 0.1) is 27.4 Å². The third-order valence-electron chi connectivity index (χ3n) is 4.04. The second-order valence-electron chi connectivity index (χ2n) is 5.69. The first-order chi connectivity index (χ1) is 12.0. The molecule has 1 heterocycles. The molecule has 0 bridgehead atoms. The van der Waals surface area contributed by atoms with Crippen LogP contribution in [0, 0.1) is 0 Å². The molecule has 7 heteroatoms. The fourth-order valence-corrected chi connectivity index (χ4v) is 2.82. The van der Waals surface area contributed by atoms with E-state index in [2.05, 4.69) is 11.6 Å². The molecule has 0 saturated heterocycles. The van der Waals surface area contributed by atoms with Crippen molar-refractivity contribution < 1.29 is 19.3 Å². The SMILES string of the molecule is C=Cn1ccnc1[C@H]([C@H](O)c1cc(OC)c(OC)c(OC)c1)N(C)C. The van der Waals surface area contributed by atoms with Gasteiger partial charge < -0.3 is 23.9 Å². The van der Waals surface area contributed by atoms with Crippen LogP contribution in [0.2, 0.25) is 0 Å². The van der Waals surface area contributed by atoms with Crippen LogP contribution in [0.5, 0.6) is 17.2 Å². The van der Waals surface area contributed by atoms with Crippen molar-refractivity contribution in [1.29, 1.82) is 0 Å². The van der Waals surface area contributed by atoms with Gasteiger partial charge in [0.25, 0.3) is 0 Å². The van der Waals surface area contributed by atoms with Crippen LogP contribution >= 0.6 is 0 Å². The van der Waals surface area contributed by atoms with Crippen molar-refractivity contribution in [3.8, 4) is 17.2 Å². The van der Waals surface area contributed by atoms with E-state index in [1.165, 1.54) is 0 Å². The van der Waals surface area contributed by atoms with E-state index in [4.69, 9.17) is 14.2 Å². The third kappa shape index (κ3) is 3.62. The molecule has 1 aromatic heterocycles. The van der Waals surface area contributed by atoms with Crippen molar-refractivity contribution >= 4 is 6.20 Å². The number of hydrogen-bond donors (Lipinski definition) is 1. The first-order valence-corrected chi connectivity index (χ1v) is 7.78. The lowest BCUT2D eigenvalue weighted by atomic mass is 9.99. The van der Waals surface area contributed by atoms with Crippen molar-refractivity contribution in [2.24, 2.45) is 0 Å². The summed E-state index contributed by atoms with van der Waals surface area (Å²) in [6, 6.07) is 3.09. The second-order valence-corrected chi connectivity index (χ2v) is 5.69. The molecule has 0 amide bonds. The number of benzene rings is 1. The normalized spacial score (nSPS) is 13.4. The molecule has 2 rings (SSSR count). The lowest BCUT2D eigenvalue weighted by Crippen LogP contribution is -2.28. The smallest absolute Gasteiger partial charge is 0.203 e. The zero-order chi connectivity index (χ0) is 18.6. The summed E-state index contributed by atoms with van der Waals surface area (Å²) >= 11 is 0. The number of imidazole rings is 1. The van der Waals surface area contributed by atoms with Gasteiger partial charge in [-0.3, -0.25) is 4.90 Å². The van der Waals surface area contributed by atoms with Crippen LogP contribution < -0.4 is 14.2 Å². The molecule has 0 fully saturated rings. The summed E-state index contributed by atoms with van der Waals surface area (Å²) in [5, 5.41) is 11.1. The summed E-state index contributed by atoms with van der Waals surface area (Å²) in [4.78, 5) is 6.28. The molecule has 7 nitrogen and oxygen atoms in total. The van der Waals surface area contributed by atoms with E-state index < -0.39 is 12.1 Å². The maximum Gasteiger partial charge on any atom is 0.203 e. The van der Waals surface area contributed by atoms with Gasteiger partial charge in [0.15, 0.2) is 11.5 Å². The summed E-state index contributed by atoms with van der Waals surface area (Å²) in [6.45, 7) is 3.78. The van der Waals surface area contributed by atoms with Gasteiger partial charge in [-0.25, -0.2) is 4.98 Å². The largest absolute Gasteiger partial charge is 0.493 e. The average Bonchev–Trinajstić information content (AvgIpc) is 3.08. The highest BCUT2D eigenvalue weighted by Crippen LogP contribution is 2.42. The van der Waals surface area contributed by atoms with Crippen LogP contribution in [0.15, 0.2) is 31.1 Å². The monoisotopic (exact) mass is 347 g/mol. The van der Waals surface area contributed by atoms with Crippen LogP contribution in [0.25, 0.3) is 6.20 Å². The Labute approximate surface area is 148 Å². The van der Waals surface area contributed by atoms with E-state index in [-0.39, 0.29) is 0 Å². The van der Waals surface area contributed by atoms with Crippen LogP contribution in [0.3, 0.4) is 0 Å². The van der Waals surface area contributed by atoms with E-state index in [0.29, 0.717) is 28.6 Å². The van der Waals surface area contributed by atoms with Gasteiger partial charge in [-0.15, -0.1) is 0 Å².